The van der Waals surface area contributed by atoms with Crippen LogP contribution in [0.2, 0.25) is 0 Å². The van der Waals surface area contributed by atoms with Crippen LogP contribution < -0.4 is 17.2 Å². The molecule has 14 heavy (non-hydrogen) atoms. The van der Waals surface area contributed by atoms with E-state index in [0.29, 0.717) is 17.2 Å². The van der Waals surface area contributed by atoms with Gasteiger partial charge in [0, 0.05) is 11.3 Å². The minimum Gasteiger partial charge on any atom is -0.399 e. The van der Waals surface area contributed by atoms with Gasteiger partial charge >= 0.3 is 0 Å². The van der Waals surface area contributed by atoms with Gasteiger partial charge in [0.15, 0.2) is 5.82 Å². The normalized spacial score (nSPS) is 10.3. The first-order valence-corrected chi connectivity index (χ1v) is 4.13. The number of aromatic amines is 1. The molecule has 72 valence electrons. The van der Waals surface area contributed by atoms with Gasteiger partial charge in [0.05, 0.1) is 5.69 Å². The topological polar surface area (TPSA) is 107 Å². The minimum absolute atomic E-state index is 0.317. The first-order chi connectivity index (χ1) is 6.68. The number of nitrogens with one attached hydrogen (secondary N) is 1. The molecule has 0 fully saturated rings. The van der Waals surface area contributed by atoms with Crippen molar-refractivity contribution in [2.45, 2.75) is 0 Å². The highest BCUT2D eigenvalue weighted by Gasteiger charge is 2.08. The van der Waals surface area contributed by atoms with Gasteiger partial charge in [-0.25, -0.2) is 0 Å². The average Bonchev–Trinajstić information content (AvgIpc) is 2.50. The van der Waals surface area contributed by atoms with Crippen molar-refractivity contribution < 1.29 is 0 Å². The number of hydrogen-bond acceptors (Lipinski definition) is 4. The van der Waals surface area contributed by atoms with Gasteiger partial charge in [-0.05, 0) is 12.1 Å². The molecular weight excluding hydrogens is 178 g/mol. The number of aromatic nitrogens is 2. The van der Waals surface area contributed by atoms with Crippen LogP contribution in [0.3, 0.4) is 0 Å². The Balaban J connectivity index is 2.49. The van der Waals surface area contributed by atoms with Crippen molar-refractivity contribution in [1.82, 2.24) is 10.2 Å². The number of rotatable bonds is 1. The summed E-state index contributed by atoms with van der Waals surface area (Å²) in [6.07, 6.45) is 0. The van der Waals surface area contributed by atoms with Crippen molar-refractivity contribution in [2.75, 3.05) is 17.2 Å². The summed E-state index contributed by atoms with van der Waals surface area (Å²) in [5, 5.41) is 6.58. The predicted octanol–water partition coefficient (Wildman–Crippen LogP) is 0.823. The molecule has 2 rings (SSSR count). The van der Waals surface area contributed by atoms with E-state index in [2.05, 4.69) is 10.2 Å². The summed E-state index contributed by atoms with van der Waals surface area (Å²) in [5.41, 5.74) is 19.6. The number of H-pyrrole nitrogens is 1. The number of nitrogens with zero attached hydrogens (tertiary/aromatic N) is 1. The predicted molar refractivity (Wildman–Crippen MR) is 57.3 cm³/mol. The zero-order valence-corrected chi connectivity index (χ0v) is 7.49. The summed E-state index contributed by atoms with van der Waals surface area (Å²) in [6.45, 7) is 0. The molecule has 0 atom stereocenters. The van der Waals surface area contributed by atoms with Gasteiger partial charge in [-0.2, -0.15) is 5.10 Å². The molecule has 7 N–H and O–H groups in total. The maximum absolute atomic E-state index is 5.72. The van der Waals surface area contributed by atoms with Crippen molar-refractivity contribution in [3.8, 4) is 11.3 Å². The largest absolute Gasteiger partial charge is 0.399 e. The second-order valence-corrected chi connectivity index (χ2v) is 3.02. The van der Waals surface area contributed by atoms with Crippen LogP contribution in [0.4, 0.5) is 17.2 Å². The molecule has 0 radical (unpaired) electrons. The Kier molecular flexibility index (Phi) is 1.78. The van der Waals surface area contributed by atoms with E-state index in [1.165, 1.54) is 0 Å². The van der Waals surface area contributed by atoms with Crippen LogP contribution in [0, 0.1) is 0 Å². The molecule has 0 spiro atoms. The number of nitrogens with two attached hydrogens (primary N) is 3. The molecule has 2 aromatic rings. The average molecular weight is 189 g/mol. The lowest BCUT2D eigenvalue weighted by Gasteiger charge is -1.99. The molecule has 1 aromatic carbocycles. The minimum atomic E-state index is 0.317. The summed E-state index contributed by atoms with van der Waals surface area (Å²) in [6, 6.07) is 7.31. The monoisotopic (exact) mass is 189 g/mol. The van der Waals surface area contributed by atoms with Gasteiger partial charge in [-0.3, -0.25) is 5.10 Å². The summed E-state index contributed by atoms with van der Waals surface area (Å²) in [5.74, 6) is 0.317. The van der Waals surface area contributed by atoms with Crippen molar-refractivity contribution in [2.24, 2.45) is 0 Å². The van der Waals surface area contributed by atoms with Gasteiger partial charge < -0.3 is 17.2 Å². The highest BCUT2D eigenvalue weighted by Crippen LogP contribution is 2.27. The summed E-state index contributed by atoms with van der Waals surface area (Å²) < 4.78 is 0. The third-order valence-corrected chi connectivity index (χ3v) is 2.03. The second kappa shape index (κ2) is 2.95. The van der Waals surface area contributed by atoms with E-state index in [-0.39, 0.29) is 0 Å². The lowest BCUT2D eigenvalue weighted by Crippen LogP contribution is -1.92. The maximum Gasteiger partial charge on any atom is 0.169 e. The molecule has 0 saturated heterocycles. The SMILES string of the molecule is Nc1ccc(-c2[nH]nc(N)c2N)cc1. The molecule has 1 heterocycles. The van der Waals surface area contributed by atoms with E-state index >= 15 is 0 Å². The lowest BCUT2D eigenvalue weighted by molar-refractivity contribution is 1.10. The van der Waals surface area contributed by atoms with Gasteiger partial charge in [-0.1, -0.05) is 12.1 Å². The first kappa shape index (κ1) is 8.43. The number of hydrogen-bond donors (Lipinski definition) is 4. The quantitative estimate of drug-likeness (QED) is 0.498. The molecular formula is C9H11N5. The summed E-state index contributed by atoms with van der Waals surface area (Å²) >= 11 is 0. The molecule has 0 bridgehead atoms. The van der Waals surface area contributed by atoms with E-state index in [0.717, 1.165) is 11.3 Å². The third kappa shape index (κ3) is 1.24. The fourth-order valence-electron chi connectivity index (χ4n) is 1.23. The van der Waals surface area contributed by atoms with E-state index in [1.807, 2.05) is 12.1 Å². The van der Waals surface area contributed by atoms with Crippen molar-refractivity contribution in [3.05, 3.63) is 24.3 Å². The van der Waals surface area contributed by atoms with Crippen molar-refractivity contribution in [1.29, 1.82) is 0 Å². The molecule has 0 saturated carbocycles. The third-order valence-electron chi connectivity index (χ3n) is 2.03. The Morgan fingerprint density at radius 3 is 2.14 bits per heavy atom. The van der Waals surface area contributed by atoms with Gasteiger partial charge in [0.1, 0.15) is 5.69 Å². The van der Waals surface area contributed by atoms with Gasteiger partial charge in [0.25, 0.3) is 0 Å². The molecule has 5 heteroatoms. The Bertz CT molecular complexity index is 443. The van der Waals surface area contributed by atoms with Crippen LogP contribution in [0.15, 0.2) is 24.3 Å². The zero-order chi connectivity index (χ0) is 10.1. The molecule has 0 aliphatic heterocycles. The van der Waals surface area contributed by atoms with E-state index < -0.39 is 0 Å². The summed E-state index contributed by atoms with van der Waals surface area (Å²) in [4.78, 5) is 0. The smallest absolute Gasteiger partial charge is 0.169 e. The molecule has 0 aliphatic carbocycles. The van der Waals surface area contributed by atoms with E-state index in [9.17, 15) is 0 Å². The van der Waals surface area contributed by atoms with Crippen LogP contribution >= 0.6 is 0 Å². The van der Waals surface area contributed by atoms with E-state index in [4.69, 9.17) is 17.2 Å². The summed E-state index contributed by atoms with van der Waals surface area (Å²) in [7, 11) is 0. The molecule has 0 amide bonds. The molecule has 0 unspecified atom stereocenters. The van der Waals surface area contributed by atoms with Gasteiger partial charge in [0.2, 0.25) is 0 Å². The zero-order valence-electron chi connectivity index (χ0n) is 7.49. The fourth-order valence-corrected chi connectivity index (χ4v) is 1.23. The van der Waals surface area contributed by atoms with E-state index in [1.54, 1.807) is 12.1 Å². The lowest BCUT2D eigenvalue weighted by atomic mass is 10.1. The number of benzene rings is 1. The highest BCUT2D eigenvalue weighted by molar-refractivity contribution is 5.80. The Morgan fingerprint density at radius 1 is 1.00 bits per heavy atom. The first-order valence-electron chi connectivity index (χ1n) is 4.13. The molecule has 0 aliphatic rings. The number of nitrogen functional groups attached to an aromatic ring is 3. The standard InChI is InChI=1S/C9H11N5/c10-6-3-1-5(2-4-6)8-7(11)9(12)14-13-8/h1-4H,10-11H2,(H3,12,13,14). The van der Waals surface area contributed by atoms with Crippen LogP contribution in [0.25, 0.3) is 11.3 Å². The highest BCUT2D eigenvalue weighted by atomic mass is 15.2. The Hall–Kier alpha value is -2.17. The molecule has 1 aromatic heterocycles. The fraction of sp³-hybridized carbons (Fsp3) is 0. The van der Waals surface area contributed by atoms with Crippen LogP contribution in [0.5, 0.6) is 0 Å². The van der Waals surface area contributed by atoms with Crippen molar-refractivity contribution in [3.63, 3.8) is 0 Å². The number of anilines is 3. The van der Waals surface area contributed by atoms with Crippen LogP contribution in [0.1, 0.15) is 0 Å². The van der Waals surface area contributed by atoms with Crippen LogP contribution in [-0.4, -0.2) is 10.2 Å². The van der Waals surface area contributed by atoms with Crippen LogP contribution in [-0.2, 0) is 0 Å². The maximum atomic E-state index is 5.72. The second-order valence-electron chi connectivity index (χ2n) is 3.02. The Morgan fingerprint density at radius 2 is 1.64 bits per heavy atom. The van der Waals surface area contributed by atoms with Gasteiger partial charge in [-0.15, -0.1) is 0 Å². The molecule has 5 nitrogen and oxygen atoms in total. The Labute approximate surface area is 80.9 Å². The van der Waals surface area contributed by atoms with Crippen molar-refractivity contribution >= 4 is 17.2 Å².